The van der Waals surface area contributed by atoms with Crippen molar-refractivity contribution in [2.75, 3.05) is 18.9 Å². The second kappa shape index (κ2) is 8.55. The number of ether oxygens (including phenoxy) is 1. The second-order valence-electron chi connectivity index (χ2n) is 5.86. The Kier molecular flexibility index (Phi) is 6.66. The molecule has 26 heavy (non-hydrogen) atoms. The highest BCUT2D eigenvalue weighted by Gasteiger charge is 2.32. The van der Waals surface area contributed by atoms with E-state index in [0.717, 1.165) is 10.0 Å². The molecule has 4 nitrogen and oxygen atoms in total. The van der Waals surface area contributed by atoms with E-state index in [9.17, 15) is 18.0 Å². The number of carbonyl (C=O) groups is 1. The van der Waals surface area contributed by atoms with E-state index in [4.69, 9.17) is 0 Å². The van der Waals surface area contributed by atoms with Gasteiger partial charge >= 0.3 is 6.36 Å². The SMILES string of the molecule is Cc1ccc(NC(=O)CN(C)Cc2ccccc2OC(F)(F)F)c(Br)c1. The molecule has 2 aromatic carbocycles. The molecule has 0 aliphatic rings. The number of benzene rings is 2. The summed E-state index contributed by atoms with van der Waals surface area (Å²) < 4.78 is 42.2. The van der Waals surface area contributed by atoms with Crippen molar-refractivity contribution in [2.45, 2.75) is 19.8 Å². The van der Waals surface area contributed by atoms with Gasteiger partial charge in [0.15, 0.2) is 0 Å². The average molecular weight is 431 g/mol. The van der Waals surface area contributed by atoms with Crippen molar-refractivity contribution in [3.63, 3.8) is 0 Å². The quantitative estimate of drug-likeness (QED) is 0.720. The molecule has 0 bridgehead atoms. The van der Waals surface area contributed by atoms with E-state index < -0.39 is 6.36 Å². The van der Waals surface area contributed by atoms with Crippen LogP contribution in [-0.2, 0) is 11.3 Å². The van der Waals surface area contributed by atoms with Gasteiger partial charge in [0.05, 0.1) is 12.2 Å². The lowest BCUT2D eigenvalue weighted by molar-refractivity contribution is -0.275. The lowest BCUT2D eigenvalue weighted by atomic mass is 10.2. The molecule has 0 saturated carbocycles. The van der Waals surface area contributed by atoms with Gasteiger partial charge in [0.25, 0.3) is 0 Å². The molecule has 2 rings (SSSR count). The Morgan fingerprint density at radius 1 is 1.23 bits per heavy atom. The van der Waals surface area contributed by atoms with Gasteiger partial charge in [0, 0.05) is 16.6 Å². The van der Waals surface area contributed by atoms with Crippen molar-refractivity contribution in [2.24, 2.45) is 0 Å². The van der Waals surface area contributed by atoms with Gasteiger partial charge in [0.1, 0.15) is 5.75 Å². The van der Waals surface area contributed by atoms with Crippen LogP contribution < -0.4 is 10.1 Å². The number of likely N-dealkylation sites (N-methyl/N-ethyl adjacent to an activating group) is 1. The fourth-order valence-corrected chi connectivity index (χ4v) is 2.95. The van der Waals surface area contributed by atoms with Crippen molar-refractivity contribution in [1.82, 2.24) is 4.90 Å². The normalized spacial score (nSPS) is 11.5. The third kappa shape index (κ3) is 6.34. The van der Waals surface area contributed by atoms with E-state index >= 15 is 0 Å². The zero-order valence-corrected chi connectivity index (χ0v) is 15.8. The van der Waals surface area contributed by atoms with Crippen molar-refractivity contribution < 1.29 is 22.7 Å². The molecule has 0 atom stereocenters. The topological polar surface area (TPSA) is 41.6 Å². The molecule has 1 N–H and O–H groups in total. The summed E-state index contributed by atoms with van der Waals surface area (Å²) in [5.74, 6) is -0.542. The zero-order valence-electron chi connectivity index (χ0n) is 14.2. The maximum absolute atomic E-state index is 12.5. The zero-order chi connectivity index (χ0) is 19.3. The van der Waals surface area contributed by atoms with Crippen molar-refractivity contribution in [3.8, 4) is 5.75 Å². The fourth-order valence-electron chi connectivity index (χ4n) is 2.36. The van der Waals surface area contributed by atoms with Crippen LogP contribution >= 0.6 is 15.9 Å². The van der Waals surface area contributed by atoms with E-state index in [1.54, 1.807) is 24.1 Å². The molecule has 0 unspecified atom stereocenters. The molecule has 2 aromatic rings. The van der Waals surface area contributed by atoms with Crippen LogP contribution in [0.15, 0.2) is 46.9 Å². The molecule has 0 fully saturated rings. The number of amides is 1. The molecule has 0 aliphatic carbocycles. The van der Waals surface area contributed by atoms with Gasteiger partial charge in [-0.25, -0.2) is 0 Å². The minimum Gasteiger partial charge on any atom is -0.405 e. The highest BCUT2D eigenvalue weighted by molar-refractivity contribution is 9.10. The predicted molar refractivity (Wildman–Crippen MR) is 97.0 cm³/mol. The molecule has 0 radical (unpaired) electrons. The van der Waals surface area contributed by atoms with Crippen molar-refractivity contribution in [3.05, 3.63) is 58.1 Å². The number of aryl methyl sites for hydroxylation is 1. The fraction of sp³-hybridized carbons (Fsp3) is 0.278. The second-order valence-corrected chi connectivity index (χ2v) is 6.71. The first kappa shape index (κ1) is 20.3. The largest absolute Gasteiger partial charge is 0.573 e. The number of alkyl halides is 3. The molecule has 0 heterocycles. The lowest BCUT2D eigenvalue weighted by Crippen LogP contribution is -2.30. The number of nitrogens with zero attached hydrogens (tertiary/aromatic N) is 1. The maximum Gasteiger partial charge on any atom is 0.573 e. The third-order valence-corrected chi connectivity index (χ3v) is 4.11. The number of halogens is 4. The Bertz CT molecular complexity index is 781. The minimum absolute atomic E-state index is 0.0146. The van der Waals surface area contributed by atoms with Gasteiger partial charge < -0.3 is 10.1 Å². The van der Waals surface area contributed by atoms with Crippen LogP contribution in [0.3, 0.4) is 0 Å². The summed E-state index contributed by atoms with van der Waals surface area (Å²) in [7, 11) is 1.65. The summed E-state index contributed by atoms with van der Waals surface area (Å²) in [6.45, 7) is 2.08. The van der Waals surface area contributed by atoms with Crippen LogP contribution in [0.1, 0.15) is 11.1 Å². The summed E-state index contributed by atoms with van der Waals surface area (Å²) in [5, 5.41) is 2.77. The van der Waals surface area contributed by atoms with Crippen LogP contribution in [0, 0.1) is 6.92 Å². The lowest BCUT2D eigenvalue weighted by Gasteiger charge is -2.19. The number of anilines is 1. The molecule has 0 aromatic heterocycles. The number of rotatable bonds is 6. The maximum atomic E-state index is 12.5. The number of nitrogens with one attached hydrogen (secondary N) is 1. The first-order valence-corrected chi connectivity index (χ1v) is 8.51. The molecule has 0 aliphatic heterocycles. The third-order valence-electron chi connectivity index (χ3n) is 3.45. The highest BCUT2D eigenvalue weighted by Crippen LogP contribution is 2.27. The smallest absolute Gasteiger partial charge is 0.405 e. The Balaban J connectivity index is 1.98. The van der Waals surface area contributed by atoms with Crippen LogP contribution in [0.25, 0.3) is 0 Å². The molecule has 8 heteroatoms. The summed E-state index contributed by atoms with van der Waals surface area (Å²) in [5.41, 5.74) is 2.03. The summed E-state index contributed by atoms with van der Waals surface area (Å²) in [4.78, 5) is 13.8. The Morgan fingerprint density at radius 2 is 1.92 bits per heavy atom. The van der Waals surface area contributed by atoms with Gasteiger partial charge in [-0.15, -0.1) is 13.2 Å². The van der Waals surface area contributed by atoms with Crippen LogP contribution in [-0.4, -0.2) is 30.8 Å². The monoisotopic (exact) mass is 430 g/mol. The molecule has 0 saturated heterocycles. The minimum atomic E-state index is -4.76. The average Bonchev–Trinajstić information content (AvgIpc) is 2.50. The highest BCUT2D eigenvalue weighted by atomic mass is 79.9. The molecular weight excluding hydrogens is 413 g/mol. The van der Waals surface area contributed by atoms with E-state index in [2.05, 4.69) is 26.0 Å². The van der Waals surface area contributed by atoms with E-state index in [1.165, 1.54) is 18.2 Å². The van der Waals surface area contributed by atoms with Crippen LogP contribution in [0.5, 0.6) is 5.75 Å². The van der Waals surface area contributed by atoms with Gasteiger partial charge in [0.2, 0.25) is 5.91 Å². The standard InChI is InChI=1S/C18H18BrF3N2O2/c1-12-7-8-15(14(19)9-12)23-17(25)11-24(2)10-13-5-3-4-6-16(13)26-18(20,21)22/h3-9H,10-11H2,1-2H3,(H,23,25). The van der Waals surface area contributed by atoms with Gasteiger partial charge in [-0.3, -0.25) is 9.69 Å². The molecular formula is C18H18BrF3N2O2. The Morgan fingerprint density at radius 3 is 2.58 bits per heavy atom. The Hall–Kier alpha value is -2.06. The number of para-hydroxylation sites is 1. The Labute approximate surface area is 158 Å². The number of hydrogen-bond donors (Lipinski definition) is 1. The van der Waals surface area contributed by atoms with Crippen molar-refractivity contribution >= 4 is 27.5 Å². The predicted octanol–water partition coefficient (Wildman–Crippen LogP) is 4.73. The van der Waals surface area contributed by atoms with Gasteiger partial charge in [-0.2, -0.15) is 0 Å². The first-order valence-electron chi connectivity index (χ1n) is 7.72. The summed E-state index contributed by atoms with van der Waals surface area (Å²) in [6, 6.07) is 11.4. The number of hydrogen-bond acceptors (Lipinski definition) is 3. The van der Waals surface area contributed by atoms with E-state index in [0.29, 0.717) is 11.3 Å². The van der Waals surface area contributed by atoms with Crippen LogP contribution in [0.4, 0.5) is 18.9 Å². The summed E-state index contributed by atoms with van der Waals surface area (Å²) in [6.07, 6.45) is -4.76. The van der Waals surface area contributed by atoms with Crippen molar-refractivity contribution in [1.29, 1.82) is 0 Å². The van der Waals surface area contributed by atoms with Gasteiger partial charge in [-0.05, 0) is 53.7 Å². The van der Waals surface area contributed by atoms with E-state index in [1.807, 2.05) is 19.1 Å². The van der Waals surface area contributed by atoms with E-state index in [-0.39, 0.29) is 24.7 Å². The molecule has 140 valence electrons. The summed E-state index contributed by atoms with van der Waals surface area (Å²) >= 11 is 3.38. The molecule has 1 amide bonds. The van der Waals surface area contributed by atoms with Crippen LogP contribution in [0.2, 0.25) is 0 Å². The number of carbonyl (C=O) groups excluding carboxylic acids is 1. The van der Waals surface area contributed by atoms with Gasteiger partial charge in [-0.1, -0.05) is 24.3 Å². The molecule has 0 spiro atoms. The first-order chi connectivity index (χ1) is 12.1.